The van der Waals surface area contributed by atoms with E-state index in [-0.39, 0.29) is 18.9 Å². The monoisotopic (exact) mass is 551 g/mol. The third kappa shape index (κ3) is 8.58. The van der Waals surface area contributed by atoms with Crippen molar-refractivity contribution in [2.24, 2.45) is 0 Å². The number of methoxy groups -OCH3 is 1. The van der Waals surface area contributed by atoms with E-state index in [1.165, 1.54) is 12.0 Å². The van der Waals surface area contributed by atoms with Crippen LogP contribution in [0.2, 0.25) is 0 Å². The molecule has 0 heterocycles. The fourth-order valence-electron chi connectivity index (χ4n) is 4.31. The number of aryl methyl sites for hydroxylation is 1. The topological polar surface area (TPSA) is 96.0 Å². The Morgan fingerprint density at radius 1 is 0.949 bits per heavy atom. The minimum atomic E-state index is -3.84. The molecule has 9 heteroatoms. The summed E-state index contributed by atoms with van der Waals surface area (Å²) in [5.41, 5.74) is 3.06. The van der Waals surface area contributed by atoms with Crippen LogP contribution >= 0.6 is 0 Å². The molecule has 0 saturated carbocycles. The zero-order valence-electron chi connectivity index (χ0n) is 23.0. The maximum atomic E-state index is 14.0. The number of hydrogen-bond acceptors (Lipinski definition) is 5. The molecule has 0 aliphatic heterocycles. The van der Waals surface area contributed by atoms with E-state index in [1.807, 2.05) is 68.4 Å². The van der Waals surface area contributed by atoms with Crippen LogP contribution in [0.3, 0.4) is 0 Å². The average Bonchev–Trinajstić information content (AvgIpc) is 2.92. The average molecular weight is 552 g/mol. The van der Waals surface area contributed by atoms with Gasteiger partial charge in [0, 0.05) is 25.6 Å². The number of benzene rings is 3. The largest absolute Gasteiger partial charge is 0.497 e. The van der Waals surface area contributed by atoms with Crippen LogP contribution in [-0.2, 0) is 32.6 Å². The summed E-state index contributed by atoms with van der Waals surface area (Å²) >= 11 is 0. The summed E-state index contributed by atoms with van der Waals surface area (Å²) in [6.07, 6.45) is 2.08. The van der Waals surface area contributed by atoms with Crippen LogP contribution in [0.25, 0.3) is 0 Å². The molecule has 8 nitrogen and oxygen atoms in total. The zero-order chi connectivity index (χ0) is 28.4. The lowest BCUT2D eigenvalue weighted by molar-refractivity contribution is -0.140. The minimum Gasteiger partial charge on any atom is -0.497 e. The molecule has 0 spiro atoms. The van der Waals surface area contributed by atoms with Crippen LogP contribution < -0.4 is 14.4 Å². The maximum Gasteiger partial charge on any atom is 0.244 e. The van der Waals surface area contributed by atoms with E-state index < -0.39 is 28.5 Å². The van der Waals surface area contributed by atoms with Crippen molar-refractivity contribution in [3.8, 4) is 5.75 Å². The van der Waals surface area contributed by atoms with Crippen molar-refractivity contribution < 1.29 is 22.7 Å². The predicted octanol–water partition coefficient (Wildman–Crippen LogP) is 3.94. The van der Waals surface area contributed by atoms with Crippen molar-refractivity contribution in [3.63, 3.8) is 0 Å². The molecule has 3 aromatic rings. The van der Waals surface area contributed by atoms with Crippen molar-refractivity contribution in [2.45, 2.75) is 39.3 Å². The SMILES string of the molecule is CCCNC(=O)[C@@H](Cc1ccccc1)N(Cc1cccc(C)c1)C(=O)CN(c1cccc(OC)c1)S(C)(=O)=O. The number of nitrogens with zero attached hydrogens (tertiary/aromatic N) is 2. The van der Waals surface area contributed by atoms with Crippen molar-refractivity contribution in [3.05, 3.63) is 95.6 Å². The van der Waals surface area contributed by atoms with Gasteiger partial charge < -0.3 is 15.0 Å². The van der Waals surface area contributed by atoms with Gasteiger partial charge in [-0.05, 0) is 36.6 Å². The Labute approximate surface area is 231 Å². The molecule has 0 aromatic heterocycles. The van der Waals surface area contributed by atoms with E-state index in [2.05, 4.69) is 5.32 Å². The van der Waals surface area contributed by atoms with Gasteiger partial charge >= 0.3 is 0 Å². The van der Waals surface area contributed by atoms with Crippen LogP contribution in [0.15, 0.2) is 78.9 Å². The molecule has 208 valence electrons. The second-order valence-electron chi connectivity index (χ2n) is 9.48. The van der Waals surface area contributed by atoms with E-state index >= 15 is 0 Å². The smallest absolute Gasteiger partial charge is 0.244 e. The Hall–Kier alpha value is -3.85. The third-order valence-electron chi connectivity index (χ3n) is 6.28. The van der Waals surface area contributed by atoms with Gasteiger partial charge in [-0.25, -0.2) is 8.42 Å². The van der Waals surface area contributed by atoms with Gasteiger partial charge in [0.25, 0.3) is 0 Å². The summed E-state index contributed by atoms with van der Waals surface area (Å²) in [7, 11) is -2.35. The van der Waals surface area contributed by atoms with Crippen molar-refractivity contribution >= 4 is 27.5 Å². The molecular weight excluding hydrogens is 514 g/mol. The molecule has 0 aliphatic rings. The molecule has 0 fully saturated rings. The van der Waals surface area contributed by atoms with Gasteiger partial charge in [0.15, 0.2) is 0 Å². The number of nitrogens with one attached hydrogen (secondary N) is 1. The van der Waals surface area contributed by atoms with Gasteiger partial charge in [-0.1, -0.05) is 73.2 Å². The summed E-state index contributed by atoms with van der Waals surface area (Å²) in [5.74, 6) is -0.308. The zero-order valence-corrected chi connectivity index (χ0v) is 23.8. The Bertz CT molecular complexity index is 1360. The fourth-order valence-corrected chi connectivity index (χ4v) is 5.15. The quantitative estimate of drug-likeness (QED) is 0.347. The molecule has 1 atom stereocenters. The van der Waals surface area contributed by atoms with Crippen molar-refractivity contribution in [1.29, 1.82) is 0 Å². The molecule has 3 rings (SSSR count). The molecule has 0 unspecified atom stereocenters. The first-order chi connectivity index (χ1) is 18.6. The van der Waals surface area contributed by atoms with Crippen LogP contribution in [-0.4, -0.2) is 57.6 Å². The van der Waals surface area contributed by atoms with E-state index in [4.69, 9.17) is 4.74 Å². The Morgan fingerprint density at radius 2 is 1.64 bits per heavy atom. The molecule has 0 aliphatic carbocycles. The second-order valence-corrected chi connectivity index (χ2v) is 11.4. The van der Waals surface area contributed by atoms with E-state index in [0.29, 0.717) is 18.0 Å². The number of rotatable bonds is 13. The highest BCUT2D eigenvalue weighted by Gasteiger charge is 2.33. The summed E-state index contributed by atoms with van der Waals surface area (Å²) in [4.78, 5) is 29.0. The predicted molar refractivity (Wildman–Crippen MR) is 154 cm³/mol. The first-order valence-electron chi connectivity index (χ1n) is 12.9. The number of carbonyl (C=O) groups is 2. The van der Waals surface area contributed by atoms with E-state index in [0.717, 1.165) is 33.7 Å². The molecule has 3 aromatic carbocycles. The van der Waals surface area contributed by atoms with Gasteiger partial charge in [-0.15, -0.1) is 0 Å². The highest BCUT2D eigenvalue weighted by molar-refractivity contribution is 7.92. The van der Waals surface area contributed by atoms with Gasteiger partial charge in [0.2, 0.25) is 21.8 Å². The summed E-state index contributed by atoms with van der Waals surface area (Å²) in [6.45, 7) is 4.06. The lowest BCUT2D eigenvalue weighted by atomic mass is 10.0. The minimum absolute atomic E-state index is 0.146. The number of ether oxygens (including phenoxy) is 1. The van der Waals surface area contributed by atoms with Crippen molar-refractivity contribution in [2.75, 3.05) is 30.8 Å². The van der Waals surface area contributed by atoms with Crippen LogP contribution in [0.5, 0.6) is 5.75 Å². The second kappa shape index (κ2) is 13.8. The van der Waals surface area contributed by atoms with Gasteiger partial charge in [0.1, 0.15) is 18.3 Å². The number of sulfonamides is 1. The molecule has 2 amide bonds. The highest BCUT2D eigenvalue weighted by Crippen LogP contribution is 2.24. The van der Waals surface area contributed by atoms with Crippen LogP contribution in [0.1, 0.15) is 30.0 Å². The highest BCUT2D eigenvalue weighted by atomic mass is 32.2. The third-order valence-corrected chi connectivity index (χ3v) is 7.42. The Balaban J connectivity index is 2.04. The number of carbonyl (C=O) groups excluding carboxylic acids is 2. The van der Waals surface area contributed by atoms with E-state index in [9.17, 15) is 18.0 Å². The summed E-state index contributed by atoms with van der Waals surface area (Å²) < 4.78 is 32.0. The standard InChI is InChI=1S/C30H37N3O5S/c1-5-17-31-30(35)28(19-24-12-7-6-8-13-24)32(21-25-14-9-11-23(2)18-25)29(34)22-33(39(4,36)37)26-15-10-16-27(20-26)38-3/h6-16,18,20,28H,5,17,19,21-22H2,1-4H3,(H,31,35)/t28-/m1/s1. The normalized spacial score (nSPS) is 11.9. The number of amides is 2. The van der Waals surface area contributed by atoms with Gasteiger partial charge in [0.05, 0.1) is 19.1 Å². The Kier molecular flexibility index (Phi) is 10.5. The summed E-state index contributed by atoms with van der Waals surface area (Å²) in [5, 5.41) is 2.93. The lowest BCUT2D eigenvalue weighted by Crippen LogP contribution is -2.53. The van der Waals surface area contributed by atoms with Crippen LogP contribution in [0.4, 0.5) is 5.69 Å². The Morgan fingerprint density at radius 3 is 2.28 bits per heavy atom. The van der Waals surface area contributed by atoms with Gasteiger partial charge in [-0.3, -0.25) is 13.9 Å². The van der Waals surface area contributed by atoms with E-state index in [1.54, 1.807) is 24.3 Å². The number of hydrogen-bond donors (Lipinski definition) is 1. The summed E-state index contributed by atoms with van der Waals surface area (Å²) in [6, 6.07) is 22.9. The molecular formula is C30H37N3O5S. The van der Waals surface area contributed by atoms with Crippen LogP contribution in [0, 0.1) is 6.92 Å². The van der Waals surface area contributed by atoms with Gasteiger partial charge in [-0.2, -0.15) is 0 Å². The molecule has 0 radical (unpaired) electrons. The molecule has 1 N–H and O–H groups in total. The molecule has 0 saturated heterocycles. The molecule has 0 bridgehead atoms. The lowest BCUT2D eigenvalue weighted by Gasteiger charge is -2.33. The molecule has 39 heavy (non-hydrogen) atoms. The van der Waals surface area contributed by atoms with Crippen molar-refractivity contribution in [1.82, 2.24) is 10.2 Å². The fraction of sp³-hybridized carbons (Fsp3) is 0.333. The number of anilines is 1. The first kappa shape index (κ1) is 29.7. The maximum absolute atomic E-state index is 14.0. The first-order valence-corrected chi connectivity index (χ1v) is 14.8.